The molecule has 1 heterocycles. The molecule has 0 fully saturated rings. The molecule has 0 aliphatic heterocycles. The Morgan fingerprint density at radius 2 is 1.95 bits per heavy atom. The maximum absolute atomic E-state index is 11.0. The van der Waals surface area contributed by atoms with Crippen LogP contribution >= 0.6 is 0 Å². The van der Waals surface area contributed by atoms with Crippen LogP contribution in [0.2, 0.25) is 0 Å². The Labute approximate surface area is 117 Å². The number of aromatic nitrogens is 1. The molecule has 0 aliphatic carbocycles. The fourth-order valence-corrected chi connectivity index (χ4v) is 2.04. The highest BCUT2D eigenvalue weighted by atomic mass is 16.6. The molecule has 104 valence electrons. The first-order valence-electron chi connectivity index (χ1n) is 6.32. The van der Waals surface area contributed by atoms with Crippen LogP contribution in [0.4, 0.5) is 11.4 Å². The first kappa shape index (κ1) is 14.0. The van der Waals surface area contributed by atoms with Crippen LogP contribution in [0.1, 0.15) is 22.5 Å². The molecule has 0 amide bonds. The van der Waals surface area contributed by atoms with Crippen molar-refractivity contribution in [2.24, 2.45) is 12.0 Å². The van der Waals surface area contributed by atoms with Gasteiger partial charge in [0.25, 0.3) is 5.69 Å². The van der Waals surface area contributed by atoms with Crippen molar-refractivity contribution in [3.63, 3.8) is 0 Å². The van der Waals surface area contributed by atoms with Crippen LogP contribution in [-0.2, 0) is 7.05 Å². The van der Waals surface area contributed by atoms with E-state index in [1.165, 1.54) is 6.07 Å². The van der Waals surface area contributed by atoms with Crippen LogP contribution in [-0.4, -0.2) is 15.7 Å². The van der Waals surface area contributed by atoms with Crippen molar-refractivity contribution >= 4 is 17.6 Å². The third-order valence-corrected chi connectivity index (χ3v) is 3.48. The van der Waals surface area contributed by atoms with Crippen LogP contribution in [0.15, 0.2) is 29.3 Å². The number of nitro benzene ring substituents is 1. The smallest absolute Gasteiger partial charge is 0.295 e. The van der Waals surface area contributed by atoms with Gasteiger partial charge in [0.2, 0.25) is 0 Å². The number of hydrogen-bond acceptors (Lipinski definition) is 3. The first-order valence-corrected chi connectivity index (χ1v) is 6.32. The first-order chi connectivity index (χ1) is 9.40. The number of hydrogen-bond donors (Lipinski definition) is 0. The average Bonchev–Trinajstić information content (AvgIpc) is 2.64. The quantitative estimate of drug-likeness (QED) is 0.486. The molecule has 0 aliphatic rings. The molecule has 1 aromatic heterocycles. The van der Waals surface area contributed by atoms with Crippen LogP contribution < -0.4 is 0 Å². The number of rotatable bonds is 3. The van der Waals surface area contributed by atoms with Crippen LogP contribution in [0.3, 0.4) is 0 Å². The molecule has 5 heteroatoms. The lowest BCUT2D eigenvalue weighted by Crippen LogP contribution is -1.94. The van der Waals surface area contributed by atoms with E-state index in [1.54, 1.807) is 12.3 Å². The summed E-state index contributed by atoms with van der Waals surface area (Å²) in [7, 11) is 1.98. The topological polar surface area (TPSA) is 60.4 Å². The lowest BCUT2D eigenvalue weighted by atomic mass is 10.2. The van der Waals surface area contributed by atoms with Gasteiger partial charge in [0.1, 0.15) is 5.69 Å². The minimum absolute atomic E-state index is 0.0338. The second-order valence-corrected chi connectivity index (χ2v) is 4.89. The summed E-state index contributed by atoms with van der Waals surface area (Å²) in [5.74, 6) is 0. The van der Waals surface area contributed by atoms with Gasteiger partial charge < -0.3 is 4.57 Å². The zero-order chi connectivity index (χ0) is 14.9. The van der Waals surface area contributed by atoms with Crippen molar-refractivity contribution in [3.8, 4) is 0 Å². The number of nitro groups is 1. The molecule has 20 heavy (non-hydrogen) atoms. The normalized spacial score (nSPS) is 11.2. The van der Waals surface area contributed by atoms with E-state index in [9.17, 15) is 10.1 Å². The van der Waals surface area contributed by atoms with E-state index in [4.69, 9.17) is 0 Å². The maximum Gasteiger partial charge on any atom is 0.295 e. The van der Waals surface area contributed by atoms with Crippen LogP contribution in [0.25, 0.3) is 0 Å². The zero-order valence-corrected chi connectivity index (χ0v) is 12.0. The predicted octanol–water partition coefficient (Wildman–Crippen LogP) is 3.61. The van der Waals surface area contributed by atoms with E-state index in [0.29, 0.717) is 5.69 Å². The van der Waals surface area contributed by atoms with Gasteiger partial charge in [-0.25, -0.2) is 4.99 Å². The van der Waals surface area contributed by atoms with Gasteiger partial charge in [0.15, 0.2) is 0 Å². The fraction of sp³-hybridized carbons (Fsp3) is 0.267. The van der Waals surface area contributed by atoms with Crippen LogP contribution in [0.5, 0.6) is 0 Å². The Balaban J connectivity index is 2.41. The molecule has 0 saturated heterocycles. The second-order valence-electron chi connectivity index (χ2n) is 4.89. The predicted molar refractivity (Wildman–Crippen MR) is 80.0 cm³/mol. The van der Waals surface area contributed by atoms with Gasteiger partial charge in [-0.15, -0.1) is 0 Å². The van der Waals surface area contributed by atoms with Crippen molar-refractivity contribution in [1.29, 1.82) is 0 Å². The minimum Gasteiger partial charge on any atom is -0.352 e. The van der Waals surface area contributed by atoms with Gasteiger partial charge in [-0.05, 0) is 38.5 Å². The molecular formula is C15H17N3O2. The Hall–Kier alpha value is -2.43. The van der Waals surface area contributed by atoms with Crippen molar-refractivity contribution in [3.05, 3.63) is 56.9 Å². The molecule has 2 aromatic rings. The maximum atomic E-state index is 11.0. The molecule has 0 spiro atoms. The number of aryl methyl sites for hydroxylation is 2. The lowest BCUT2D eigenvalue weighted by molar-refractivity contribution is -0.384. The fourth-order valence-electron chi connectivity index (χ4n) is 2.04. The van der Waals surface area contributed by atoms with Crippen molar-refractivity contribution < 1.29 is 4.92 Å². The van der Waals surface area contributed by atoms with Gasteiger partial charge in [-0.2, -0.15) is 0 Å². The summed E-state index contributed by atoms with van der Waals surface area (Å²) >= 11 is 0. The summed E-state index contributed by atoms with van der Waals surface area (Å²) in [5, 5.41) is 11.0. The van der Waals surface area contributed by atoms with Gasteiger partial charge >= 0.3 is 0 Å². The van der Waals surface area contributed by atoms with Crippen LogP contribution in [0, 0.1) is 30.9 Å². The van der Waals surface area contributed by atoms with Crippen molar-refractivity contribution in [2.45, 2.75) is 20.8 Å². The van der Waals surface area contributed by atoms with Gasteiger partial charge in [0, 0.05) is 36.3 Å². The highest BCUT2D eigenvalue weighted by Gasteiger charge is 2.12. The number of benzene rings is 1. The Bertz CT molecular complexity index is 699. The zero-order valence-electron chi connectivity index (χ0n) is 12.0. The number of aliphatic imine (C=N–C) groups is 1. The standard InChI is InChI=1S/C15H17N3O2/c1-10-5-6-14(15(7-10)18(19)20)16-9-13-8-11(2)17(4)12(13)3/h5-9H,1-4H3. The van der Waals surface area contributed by atoms with Crippen molar-refractivity contribution in [2.75, 3.05) is 0 Å². The molecule has 0 unspecified atom stereocenters. The molecule has 5 nitrogen and oxygen atoms in total. The van der Waals surface area contributed by atoms with Crippen molar-refractivity contribution in [1.82, 2.24) is 4.57 Å². The summed E-state index contributed by atoms with van der Waals surface area (Å²) in [6, 6.07) is 7.05. The highest BCUT2D eigenvalue weighted by Crippen LogP contribution is 2.28. The molecule has 1 aromatic carbocycles. The summed E-state index contributed by atoms with van der Waals surface area (Å²) in [6.07, 6.45) is 1.68. The highest BCUT2D eigenvalue weighted by molar-refractivity contribution is 5.85. The minimum atomic E-state index is -0.400. The van der Waals surface area contributed by atoms with E-state index < -0.39 is 4.92 Å². The molecule has 0 atom stereocenters. The lowest BCUT2D eigenvalue weighted by Gasteiger charge is -2.00. The molecular weight excluding hydrogens is 254 g/mol. The largest absolute Gasteiger partial charge is 0.352 e. The Morgan fingerprint density at radius 1 is 1.25 bits per heavy atom. The second kappa shape index (κ2) is 5.28. The molecule has 0 radical (unpaired) electrons. The summed E-state index contributed by atoms with van der Waals surface area (Å²) in [6.45, 7) is 5.84. The van der Waals surface area contributed by atoms with Gasteiger partial charge in [0.05, 0.1) is 4.92 Å². The Kier molecular flexibility index (Phi) is 3.70. The molecule has 0 bridgehead atoms. The van der Waals surface area contributed by atoms with E-state index in [2.05, 4.69) is 9.56 Å². The molecule has 2 rings (SSSR count). The van der Waals surface area contributed by atoms with E-state index in [1.807, 2.05) is 40.0 Å². The van der Waals surface area contributed by atoms with E-state index >= 15 is 0 Å². The summed E-state index contributed by atoms with van der Waals surface area (Å²) in [5.41, 5.74) is 4.44. The monoisotopic (exact) mass is 271 g/mol. The van der Waals surface area contributed by atoms with Gasteiger partial charge in [-0.1, -0.05) is 6.07 Å². The third kappa shape index (κ3) is 2.61. The Morgan fingerprint density at radius 3 is 2.50 bits per heavy atom. The SMILES string of the molecule is Cc1ccc(N=Cc2cc(C)n(C)c2C)c([N+](=O)[O-])c1. The third-order valence-electron chi connectivity index (χ3n) is 3.48. The van der Waals surface area contributed by atoms with Gasteiger partial charge in [-0.3, -0.25) is 10.1 Å². The van der Waals surface area contributed by atoms with E-state index in [-0.39, 0.29) is 5.69 Å². The summed E-state index contributed by atoms with van der Waals surface area (Å²) < 4.78 is 2.06. The summed E-state index contributed by atoms with van der Waals surface area (Å²) in [4.78, 5) is 14.9. The van der Waals surface area contributed by atoms with E-state index in [0.717, 1.165) is 22.5 Å². The average molecular weight is 271 g/mol. The number of nitrogens with zero attached hydrogens (tertiary/aromatic N) is 3. The molecule has 0 saturated carbocycles. The molecule has 0 N–H and O–H groups in total.